The van der Waals surface area contributed by atoms with Crippen LogP contribution in [0.4, 0.5) is 5.69 Å². The van der Waals surface area contributed by atoms with Crippen LogP contribution < -0.4 is 11.2 Å². The molecule has 6 nitrogen and oxygen atoms in total. The Hall–Kier alpha value is -1.98. The van der Waals surface area contributed by atoms with Crippen molar-refractivity contribution < 1.29 is 4.79 Å². The van der Waals surface area contributed by atoms with Gasteiger partial charge in [0.05, 0.1) is 0 Å². The molecule has 0 aliphatic carbocycles. The van der Waals surface area contributed by atoms with Crippen LogP contribution in [0.15, 0.2) is 20.0 Å². The van der Waals surface area contributed by atoms with Crippen molar-refractivity contribution in [2.24, 2.45) is 19.1 Å². The third kappa shape index (κ3) is 1.26. The second kappa shape index (κ2) is 3.55. The maximum Gasteiger partial charge on any atom is 0.331 e. The van der Waals surface area contributed by atoms with Gasteiger partial charge in [-0.2, -0.15) is 4.99 Å². The first-order valence-electron chi connectivity index (χ1n) is 4.33. The normalized spacial score (nSPS) is 10.4. The number of hydrogen-bond acceptors (Lipinski definition) is 5. The Morgan fingerprint density at radius 1 is 1.31 bits per heavy atom. The zero-order valence-corrected chi connectivity index (χ0v) is 9.37. The highest BCUT2D eigenvalue weighted by molar-refractivity contribution is 7.17. The fourth-order valence-electron chi connectivity index (χ4n) is 1.48. The van der Waals surface area contributed by atoms with Gasteiger partial charge < -0.3 is 0 Å². The molecule has 0 saturated carbocycles. The quantitative estimate of drug-likeness (QED) is 0.527. The molecule has 0 fully saturated rings. The Labute approximate surface area is 93.1 Å². The van der Waals surface area contributed by atoms with Crippen LogP contribution in [0, 0.1) is 0 Å². The molecule has 0 bridgehead atoms. The van der Waals surface area contributed by atoms with E-state index >= 15 is 0 Å². The second-order valence-corrected chi connectivity index (χ2v) is 4.07. The minimum absolute atomic E-state index is 0.256. The first kappa shape index (κ1) is 10.5. The monoisotopic (exact) mass is 237 g/mol. The minimum Gasteiger partial charge on any atom is -0.287 e. The summed E-state index contributed by atoms with van der Waals surface area (Å²) in [6.45, 7) is 0. The van der Waals surface area contributed by atoms with Crippen LogP contribution in [-0.2, 0) is 18.9 Å². The molecule has 2 aromatic rings. The summed E-state index contributed by atoms with van der Waals surface area (Å²) in [7, 11) is 2.95. The highest BCUT2D eigenvalue weighted by atomic mass is 32.1. The molecule has 0 unspecified atom stereocenters. The summed E-state index contributed by atoms with van der Waals surface area (Å²) in [6, 6.07) is 0. The van der Waals surface area contributed by atoms with Gasteiger partial charge in [0.25, 0.3) is 5.56 Å². The van der Waals surface area contributed by atoms with E-state index in [0.29, 0.717) is 4.83 Å². The van der Waals surface area contributed by atoms with E-state index < -0.39 is 11.2 Å². The van der Waals surface area contributed by atoms with Crippen LogP contribution in [0.2, 0.25) is 0 Å². The molecule has 2 aromatic heterocycles. The molecule has 82 valence electrons. The van der Waals surface area contributed by atoms with Gasteiger partial charge in [-0.1, -0.05) is 0 Å². The van der Waals surface area contributed by atoms with Crippen molar-refractivity contribution in [3.8, 4) is 0 Å². The maximum atomic E-state index is 11.8. The molecular formula is C9H7N3O3S. The number of aliphatic imine (C=N–C) groups is 1. The van der Waals surface area contributed by atoms with Crippen molar-refractivity contribution in [3.63, 3.8) is 0 Å². The number of carbonyl (C=O) groups excluding carboxylic acids is 1. The molecule has 0 N–H and O–H groups in total. The fourth-order valence-corrected chi connectivity index (χ4v) is 2.42. The number of rotatable bonds is 1. The molecule has 2 rings (SSSR count). The lowest BCUT2D eigenvalue weighted by Crippen LogP contribution is -2.36. The van der Waals surface area contributed by atoms with Gasteiger partial charge in [0, 0.05) is 19.5 Å². The maximum absolute atomic E-state index is 11.8. The molecule has 7 heteroatoms. The number of hydrogen-bond donors (Lipinski definition) is 0. The smallest absolute Gasteiger partial charge is 0.287 e. The van der Waals surface area contributed by atoms with Crippen LogP contribution in [0.5, 0.6) is 0 Å². The van der Waals surface area contributed by atoms with Gasteiger partial charge in [-0.15, -0.1) is 11.3 Å². The molecule has 0 atom stereocenters. The van der Waals surface area contributed by atoms with Crippen LogP contribution >= 0.6 is 11.3 Å². The lowest BCUT2D eigenvalue weighted by molar-refractivity contribution is 0.565. The zero-order chi connectivity index (χ0) is 11.9. The van der Waals surface area contributed by atoms with E-state index in [-0.39, 0.29) is 11.1 Å². The molecular weight excluding hydrogens is 230 g/mol. The van der Waals surface area contributed by atoms with Crippen molar-refractivity contribution in [1.82, 2.24) is 9.13 Å². The van der Waals surface area contributed by atoms with Crippen LogP contribution in [0.3, 0.4) is 0 Å². The molecule has 2 heterocycles. The summed E-state index contributed by atoms with van der Waals surface area (Å²) in [4.78, 5) is 37.6. The van der Waals surface area contributed by atoms with E-state index in [1.807, 2.05) is 0 Å². The van der Waals surface area contributed by atoms with E-state index in [1.54, 1.807) is 12.4 Å². The SMILES string of the molecule is Cn1c(=O)c2c(N=C=O)csc2n(C)c1=O. The summed E-state index contributed by atoms with van der Waals surface area (Å²) in [5.41, 5.74) is -0.597. The van der Waals surface area contributed by atoms with Gasteiger partial charge >= 0.3 is 5.69 Å². The third-order valence-electron chi connectivity index (χ3n) is 2.32. The van der Waals surface area contributed by atoms with Gasteiger partial charge in [0.1, 0.15) is 15.9 Å². The first-order valence-corrected chi connectivity index (χ1v) is 5.21. The van der Waals surface area contributed by atoms with Gasteiger partial charge in [0.2, 0.25) is 6.08 Å². The van der Waals surface area contributed by atoms with E-state index in [2.05, 4.69) is 4.99 Å². The topological polar surface area (TPSA) is 73.4 Å². The Morgan fingerprint density at radius 3 is 2.62 bits per heavy atom. The number of aryl methyl sites for hydroxylation is 1. The lowest BCUT2D eigenvalue weighted by Gasteiger charge is -2.02. The van der Waals surface area contributed by atoms with Crippen molar-refractivity contribution >= 4 is 33.3 Å². The van der Waals surface area contributed by atoms with Crippen molar-refractivity contribution in [1.29, 1.82) is 0 Å². The second-order valence-electron chi connectivity index (χ2n) is 3.21. The molecule has 0 radical (unpaired) electrons. The molecule has 0 aliphatic rings. The number of thiophene rings is 1. The molecule has 16 heavy (non-hydrogen) atoms. The Balaban J connectivity index is 3.12. The van der Waals surface area contributed by atoms with Crippen LogP contribution in [0.25, 0.3) is 10.2 Å². The predicted octanol–water partition coefficient (Wildman–Crippen LogP) is 0.266. The number of aromatic nitrogens is 2. The van der Waals surface area contributed by atoms with Crippen LogP contribution in [-0.4, -0.2) is 15.2 Å². The Kier molecular flexibility index (Phi) is 2.34. The van der Waals surface area contributed by atoms with E-state index in [1.165, 1.54) is 29.0 Å². The first-order chi connectivity index (χ1) is 7.57. The molecule has 0 aromatic carbocycles. The zero-order valence-electron chi connectivity index (χ0n) is 8.55. The summed E-state index contributed by atoms with van der Waals surface area (Å²) in [6.07, 6.45) is 1.39. The van der Waals surface area contributed by atoms with Crippen molar-refractivity contribution in [2.75, 3.05) is 0 Å². The average molecular weight is 237 g/mol. The van der Waals surface area contributed by atoms with Gasteiger partial charge in [-0.3, -0.25) is 13.9 Å². The minimum atomic E-state index is -0.451. The molecule has 0 spiro atoms. The van der Waals surface area contributed by atoms with Crippen molar-refractivity contribution in [2.45, 2.75) is 0 Å². The summed E-state index contributed by atoms with van der Waals surface area (Å²) < 4.78 is 2.34. The standard InChI is InChI=1S/C9H7N3O3S/c1-11-7(14)6-5(10-4-13)3-16-8(6)12(2)9(11)15/h3H,1-2H3. The Bertz CT molecular complexity index is 731. The van der Waals surface area contributed by atoms with Crippen molar-refractivity contribution in [3.05, 3.63) is 26.2 Å². The van der Waals surface area contributed by atoms with E-state index in [0.717, 1.165) is 4.57 Å². The summed E-state index contributed by atoms with van der Waals surface area (Å²) in [5.74, 6) is 0. The third-order valence-corrected chi connectivity index (χ3v) is 3.36. The fraction of sp³-hybridized carbons (Fsp3) is 0.222. The highest BCUT2D eigenvalue weighted by Crippen LogP contribution is 2.27. The van der Waals surface area contributed by atoms with Gasteiger partial charge in [-0.05, 0) is 0 Å². The Morgan fingerprint density at radius 2 is 2.00 bits per heavy atom. The summed E-state index contributed by atoms with van der Waals surface area (Å²) in [5, 5.41) is 1.83. The lowest BCUT2D eigenvalue weighted by atomic mass is 10.3. The predicted molar refractivity (Wildman–Crippen MR) is 60.1 cm³/mol. The largest absolute Gasteiger partial charge is 0.331 e. The number of fused-ring (bicyclic) bond motifs is 1. The molecule has 0 aliphatic heterocycles. The van der Waals surface area contributed by atoms with Gasteiger partial charge in [-0.25, -0.2) is 9.59 Å². The molecule has 0 amide bonds. The number of nitrogens with zero attached hydrogens (tertiary/aromatic N) is 3. The molecule has 0 saturated heterocycles. The highest BCUT2D eigenvalue weighted by Gasteiger charge is 2.13. The van der Waals surface area contributed by atoms with Crippen LogP contribution in [0.1, 0.15) is 0 Å². The van der Waals surface area contributed by atoms with Gasteiger partial charge in [0.15, 0.2) is 0 Å². The average Bonchev–Trinajstić information content (AvgIpc) is 2.68. The summed E-state index contributed by atoms with van der Waals surface area (Å²) >= 11 is 1.19. The van der Waals surface area contributed by atoms with E-state index in [4.69, 9.17) is 0 Å². The van der Waals surface area contributed by atoms with E-state index in [9.17, 15) is 14.4 Å². The number of isocyanates is 1.